The molecule has 0 aliphatic heterocycles. The standard InChI is InChI=1S/C21H25N3O5S/c25-19(24-28)12-7-13-30-15-18(20(26)22-17-10-5-2-6-11-17)23-21(27)29-14-16-8-3-1-4-9-16/h1-6,8-11,18,28H,7,12-15H2,(H,22,26)(H,23,27)(H,24,25)/t18-/m0/s1. The van der Waals surface area contributed by atoms with Gasteiger partial charge >= 0.3 is 6.09 Å². The predicted octanol–water partition coefficient (Wildman–Crippen LogP) is 2.94. The van der Waals surface area contributed by atoms with Crippen LogP contribution in [-0.2, 0) is 20.9 Å². The predicted molar refractivity (Wildman–Crippen MR) is 115 cm³/mol. The molecule has 0 heterocycles. The average molecular weight is 432 g/mol. The highest BCUT2D eigenvalue weighted by molar-refractivity contribution is 7.99. The Morgan fingerprint density at radius 2 is 1.67 bits per heavy atom. The Morgan fingerprint density at radius 1 is 1.00 bits per heavy atom. The van der Waals surface area contributed by atoms with Gasteiger partial charge in [0.2, 0.25) is 11.8 Å². The maximum Gasteiger partial charge on any atom is 0.408 e. The Hall–Kier alpha value is -3.04. The smallest absolute Gasteiger partial charge is 0.408 e. The fourth-order valence-electron chi connectivity index (χ4n) is 2.43. The van der Waals surface area contributed by atoms with E-state index in [4.69, 9.17) is 9.94 Å². The Kier molecular flexibility index (Phi) is 10.3. The van der Waals surface area contributed by atoms with E-state index in [1.807, 2.05) is 36.4 Å². The lowest BCUT2D eigenvalue weighted by atomic mass is 10.2. The second kappa shape index (κ2) is 13.2. The van der Waals surface area contributed by atoms with Crippen molar-refractivity contribution >= 4 is 35.4 Å². The molecule has 0 spiro atoms. The molecule has 1 atom stereocenters. The normalized spacial score (nSPS) is 11.2. The summed E-state index contributed by atoms with van der Waals surface area (Å²) in [6, 6.07) is 17.4. The zero-order valence-electron chi connectivity index (χ0n) is 16.4. The van der Waals surface area contributed by atoms with Crippen molar-refractivity contribution in [1.82, 2.24) is 10.8 Å². The number of anilines is 1. The second-order valence-electron chi connectivity index (χ2n) is 6.33. The summed E-state index contributed by atoms with van der Waals surface area (Å²) < 4.78 is 5.21. The molecule has 2 aromatic rings. The highest BCUT2D eigenvalue weighted by atomic mass is 32.2. The van der Waals surface area contributed by atoms with Gasteiger partial charge in [-0.25, -0.2) is 10.3 Å². The number of hydrogen-bond donors (Lipinski definition) is 4. The van der Waals surface area contributed by atoms with Crippen LogP contribution in [0.25, 0.3) is 0 Å². The molecule has 0 saturated heterocycles. The Bertz CT molecular complexity index is 805. The largest absolute Gasteiger partial charge is 0.445 e. The van der Waals surface area contributed by atoms with Crippen molar-refractivity contribution in [1.29, 1.82) is 0 Å². The van der Waals surface area contributed by atoms with Gasteiger partial charge in [0.15, 0.2) is 0 Å². The number of carbonyl (C=O) groups excluding carboxylic acids is 3. The minimum absolute atomic E-state index is 0.100. The lowest BCUT2D eigenvalue weighted by Gasteiger charge is -2.18. The fraction of sp³-hybridized carbons (Fsp3) is 0.286. The third kappa shape index (κ3) is 8.97. The number of benzene rings is 2. The first-order valence-corrected chi connectivity index (χ1v) is 10.6. The number of carbonyl (C=O) groups is 3. The number of rotatable bonds is 11. The summed E-state index contributed by atoms with van der Waals surface area (Å²) >= 11 is 1.42. The minimum Gasteiger partial charge on any atom is -0.445 e. The van der Waals surface area contributed by atoms with Crippen LogP contribution in [0.2, 0.25) is 0 Å². The lowest BCUT2D eigenvalue weighted by Crippen LogP contribution is -2.45. The number of ether oxygens (including phenoxy) is 1. The van der Waals surface area contributed by atoms with Crippen molar-refractivity contribution in [2.75, 3.05) is 16.8 Å². The minimum atomic E-state index is -0.815. The molecule has 0 aliphatic rings. The summed E-state index contributed by atoms with van der Waals surface area (Å²) in [5, 5.41) is 13.9. The van der Waals surface area contributed by atoms with Crippen molar-refractivity contribution in [3.05, 3.63) is 66.2 Å². The van der Waals surface area contributed by atoms with E-state index in [1.165, 1.54) is 11.8 Å². The van der Waals surface area contributed by atoms with Gasteiger partial charge in [-0.15, -0.1) is 0 Å². The molecule has 4 N–H and O–H groups in total. The topological polar surface area (TPSA) is 117 Å². The maximum atomic E-state index is 12.6. The Labute approximate surface area is 179 Å². The number of hydroxylamine groups is 1. The summed E-state index contributed by atoms with van der Waals surface area (Å²) in [7, 11) is 0. The van der Waals surface area contributed by atoms with E-state index < -0.39 is 18.0 Å². The van der Waals surface area contributed by atoms with Gasteiger partial charge in [-0.05, 0) is 29.9 Å². The van der Waals surface area contributed by atoms with E-state index in [0.29, 0.717) is 23.6 Å². The van der Waals surface area contributed by atoms with Gasteiger partial charge in [0.05, 0.1) is 0 Å². The molecular weight excluding hydrogens is 406 g/mol. The number of nitrogens with one attached hydrogen (secondary N) is 3. The van der Waals surface area contributed by atoms with E-state index >= 15 is 0 Å². The molecule has 0 aromatic heterocycles. The van der Waals surface area contributed by atoms with Crippen molar-refractivity contribution in [2.45, 2.75) is 25.5 Å². The molecule has 0 bridgehead atoms. The van der Waals surface area contributed by atoms with Gasteiger partial charge in [-0.2, -0.15) is 11.8 Å². The lowest BCUT2D eigenvalue weighted by molar-refractivity contribution is -0.129. The third-order valence-electron chi connectivity index (χ3n) is 3.96. The fourth-order valence-corrected chi connectivity index (χ4v) is 3.42. The van der Waals surface area contributed by atoms with Crippen LogP contribution in [0.5, 0.6) is 0 Å². The monoisotopic (exact) mass is 431 g/mol. The molecule has 0 fully saturated rings. The van der Waals surface area contributed by atoms with Crippen LogP contribution in [0.4, 0.5) is 10.5 Å². The number of amides is 3. The van der Waals surface area contributed by atoms with E-state index in [1.54, 1.807) is 29.7 Å². The van der Waals surface area contributed by atoms with Crippen LogP contribution in [0.1, 0.15) is 18.4 Å². The molecule has 0 aliphatic carbocycles. The van der Waals surface area contributed by atoms with Gasteiger partial charge in [0.1, 0.15) is 12.6 Å². The van der Waals surface area contributed by atoms with Gasteiger partial charge in [-0.1, -0.05) is 48.5 Å². The van der Waals surface area contributed by atoms with Crippen LogP contribution in [0.3, 0.4) is 0 Å². The highest BCUT2D eigenvalue weighted by Crippen LogP contribution is 2.11. The number of hydrogen-bond acceptors (Lipinski definition) is 6. The SMILES string of the molecule is O=C(CCCSC[C@H](NC(=O)OCc1ccccc1)C(=O)Nc1ccccc1)NO. The molecule has 0 saturated carbocycles. The quantitative estimate of drug-likeness (QED) is 0.247. The van der Waals surface area contributed by atoms with E-state index in [9.17, 15) is 14.4 Å². The molecule has 8 nitrogen and oxygen atoms in total. The zero-order valence-corrected chi connectivity index (χ0v) is 17.2. The highest BCUT2D eigenvalue weighted by Gasteiger charge is 2.22. The number of thioether (sulfide) groups is 1. The van der Waals surface area contributed by atoms with Gasteiger partial charge < -0.3 is 15.4 Å². The first-order valence-electron chi connectivity index (χ1n) is 9.42. The summed E-state index contributed by atoms with van der Waals surface area (Å²) in [4.78, 5) is 35.9. The van der Waals surface area contributed by atoms with Crippen LogP contribution < -0.4 is 16.1 Å². The number of para-hydroxylation sites is 1. The van der Waals surface area contributed by atoms with Crippen molar-refractivity contribution in [2.24, 2.45) is 0 Å². The molecule has 2 aromatic carbocycles. The van der Waals surface area contributed by atoms with Gasteiger partial charge in [0, 0.05) is 17.9 Å². The molecule has 0 unspecified atom stereocenters. The molecule has 9 heteroatoms. The van der Waals surface area contributed by atoms with Crippen molar-refractivity contribution in [3.8, 4) is 0 Å². The molecule has 0 radical (unpaired) electrons. The Morgan fingerprint density at radius 3 is 2.33 bits per heavy atom. The second-order valence-corrected chi connectivity index (χ2v) is 7.48. The molecule has 3 amide bonds. The van der Waals surface area contributed by atoms with Crippen molar-refractivity contribution in [3.63, 3.8) is 0 Å². The third-order valence-corrected chi connectivity index (χ3v) is 5.11. The van der Waals surface area contributed by atoms with Gasteiger partial charge in [0.25, 0.3) is 0 Å². The first kappa shape index (κ1) is 23.2. The number of alkyl carbamates (subject to hydrolysis) is 1. The van der Waals surface area contributed by atoms with Crippen LogP contribution in [0, 0.1) is 0 Å². The summed E-state index contributed by atoms with van der Waals surface area (Å²) in [6.07, 6.45) is 0.0201. The zero-order chi connectivity index (χ0) is 21.6. The molecular formula is C21H25N3O5S. The van der Waals surface area contributed by atoms with Gasteiger partial charge in [-0.3, -0.25) is 14.8 Å². The van der Waals surface area contributed by atoms with E-state index in [-0.39, 0.29) is 18.9 Å². The summed E-state index contributed by atoms with van der Waals surface area (Å²) in [6.45, 7) is 0.100. The Balaban J connectivity index is 1.87. The average Bonchev–Trinajstić information content (AvgIpc) is 2.77. The summed E-state index contributed by atoms with van der Waals surface area (Å²) in [5.74, 6) is 0.0680. The molecule has 2 rings (SSSR count). The van der Waals surface area contributed by atoms with Crippen LogP contribution in [0.15, 0.2) is 60.7 Å². The molecule has 30 heavy (non-hydrogen) atoms. The first-order chi connectivity index (χ1) is 14.6. The van der Waals surface area contributed by atoms with Crippen LogP contribution in [-0.4, -0.2) is 40.7 Å². The summed E-state index contributed by atoms with van der Waals surface area (Å²) in [5.41, 5.74) is 3.04. The van der Waals surface area contributed by atoms with E-state index in [2.05, 4.69) is 10.6 Å². The maximum absolute atomic E-state index is 12.6. The van der Waals surface area contributed by atoms with E-state index in [0.717, 1.165) is 5.56 Å². The van der Waals surface area contributed by atoms with Crippen LogP contribution >= 0.6 is 11.8 Å². The van der Waals surface area contributed by atoms with Crippen molar-refractivity contribution < 1.29 is 24.3 Å². The molecule has 160 valence electrons.